The average Bonchev–Trinajstić information content (AvgIpc) is 3.12. The molecule has 3 rings (SSSR count). The number of ketones is 1. The van der Waals surface area contributed by atoms with Gasteiger partial charge in [0.05, 0.1) is 45.2 Å². The van der Waals surface area contributed by atoms with E-state index in [9.17, 15) is 14.7 Å². The van der Waals surface area contributed by atoms with E-state index in [1.807, 2.05) is 20.8 Å². The molecule has 1 aliphatic heterocycles. The van der Waals surface area contributed by atoms with Crippen LogP contribution in [0.15, 0.2) is 42.0 Å². The molecule has 0 spiro atoms. The Morgan fingerprint density at radius 1 is 0.972 bits per heavy atom. The highest BCUT2D eigenvalue weighted by Gasteiger charge is 2.46. The molecular weight excluding hydrogens is 466 g/mol. The summed E-state index contributed by atoms with van der Waals surface area (Å²) in [7, 11) is 4.49. The lowest BCUT2D eigenvalue weighted by Crippen LogP contribution is -2.32. The summed E-state index contributed by atoms with van der Waals surface area (Å²) in [5.41, 5.74) is 0.863. The van der Waals surface area contributed by atoms with Crippen molar-refractivity contribution in [3.63, 3.8) is 0 Å². The molecule has 2 aromatic rings. The van der Waals surface area contributed by atoms with Crippen molar-refractivity contribution >= 4 is 17.4 Å². The van der Waals surface area contributed by atoms with Crippen molar-refractivity contribution in [3.05, 3.63) is 53.1 Å². The Hall–Kier alpha value is -3.72. The Kier molecular flexibility index (Phi) is 8.82. The van der Waals surface area contributed by atoms with E-state index in [1.54, 1.807) is 36.4 Å². The van der Waals surface area contributed by atoms with Gasteiger partial charge in [0.2, 0.25) is 0 Å². The van der Waals surface area contributed by atoms with Crippen LogP contribution in [0.1, 0.15) is 37.9 Å². The highest BCUT2D eigenvalue weighted by atomic mass is 16.5. The van der Waals surface area contributed by atoms with Crippen LogP contribution < -0.4 is 18.9 Å². The number of carbonyl (C=O) groups excluding carboxylic acids is 2. The van der Waals surface area contributed by atoms with Crippen LogP contribution in [0, 0.1) is 0 Å². The number of benzene rings is 2. The Morgan fingerprint density at radius 2 is 1.67 bits per heavy atom. The molecule has 0 bridgehead atoms. The van der Waals surface area contributed by atoms with Gasteiger partial charge in [-0.25, -0.2) is 0 Å². The maximum absolute atomic E-state index is 13.2. The molecule has 0 radical (unpaired) electrons. The van der Waals surface area contributed by atoms with Gasteiger partial charge in [0.25, 0.3) is 11.7 Å². The summed E-state index contributed by atoms with van der Waals surface area (Å²) in [6.45, 7) is 6.44. The first-order valence-corrected chi connectivity index (χ1v) is 11.7. The molecule has 1 aliphatic rings. The maximum Gasteiger partial charge on any atom is 0.295 e. The molecule has 1 N–H and O–H groups in total. The molecule has 1 atom stereocenters. The van der Waals surface area contributed by atoms with Crippen LogP contribution in [0.25, 0.3) is 5.76 Å². The Labute approximate surface area is 211 Å². The van der Waals surface area contributed by atoms with E-state index in [-0.39, 0.29) is 30.6 Å². The van der Waals surface area contributed by atoms with Crippen molar-refractivity contribution in [2.45, 2.75) is 32.9 Å². The van der Waals surface area contributed by atoms with Gasteiger partial charge in [-0.15, -0.1) is 0 Å². The van der Waals surface area contributed by atoms with Gasteiger partial charge in [0, 0.05) is 19.2 Å². The SMILES string of the molecule is CCOc1cc(C2/C(=C(/O)c3ccc(OC)c(OC)c3)C(=O)C(=O)N2CCOC)ccc1OC(C)C. The first-order chi connectivity index (χ1) is 17.3. The summed E-state index contributed by atoms with van der Waals surface area (Å²) in [6, 6.07) is 9.15. The average molecular weight is 500 g/mol. The van der Waals surface area contributed by atoms with E-state index in [4.69, 9.17) is 23.7 Å². The topological polar surface area (TPSA) is 104 Å². The predicted molar refractivity (Wildman–Crippen MR) is 134 cm³/mol. The molecule has 0 aromatic heterocycles. The van der Waals surface area contributed by atoms with E-state index >= 15 is 0 Å². The van der Waals surface area contributed by atoms with E-state index in [0.717, 1.165) is 0 Å². The number of hydrogen-bond donors (Lipinski definition) is 1. The van der Waals surface area contributed by atoms with Crippen LogP contribution in [0.2, 0.25) is 0 Å². The second-order valence-corrected chi connectivity index (χ2v) is 8.36. The smallest absolute Gasteiger partial charge is 0.295 e. The largest absolute Gasteiger partial charge is 0.507 e. The number of aliphatic hydroxyl groups excluding tert-OH is 1. The zero-order valence-electron chi connectivity index (χ0n) is 21.5. The van der Waals surface area contributed by atoms with Gasteiger partial charge in [-0.2, -0.15) is 0 Å². The van der Waals surface area contributed by atoms with Crippen LogP contribution in [-0.2, 0) is 14.3 Å². The van der Waals surface area contributed by atoms with Gasteiger partial charge >= 0.3 is 0 Å². The Bertz CT molecular complexity index is 1140. The van der Waals surface area contributed by atoms with Gasteiger partial charge < -0.3 is 33.7 Å². The zero-order valence-corrected chi connectivity index (χ0v) is 21.5. The number of ether oxygens (including phenoxy) is 5. The van der Waals surface area contributed by atoms with Crippen molar-refractivity contribution in [3.8, 4) is 23.0 Å². The lowest BCUT2D eigenvalue weighted by atomic mass is 9.94. The van der Waals surface area contributed by atoms with E-state index in [2.05, 4.69) is 0 Å². The highest BCUT2D eigenvalue weighted by Crippen LogP contribution is 2.43. The first-order valence-electron chi connectivity index (χ1n) is 11.7. The predicted octanol–water partition coefficient (Wildman–Crippen LogP) is 3.96. The van der Waals surface area contributed by atoms with Crippen LogP contribution >= 0.6 is 0 Å². The minimum atomic E-state index is -0.861. The van der Waals surface area contributed by atoms with Crippen molar-refractivity contribution < 1.29 is 38.4 Å². The van der Waals surface area contributed by atoms with Crippen LogP contribution in [0.3, 0.4) is 0 Å². The van der Waals surface area contributed by atoms with Crippen LogP contribution in [0.4, 0.5) is 0 Å². The monoisotopic (exact) mass is 499 g/mol. The molecule has 9 nitrogen and oxygen atoms in total. The third-order valence-electron chi connectivity index (χ3n) is 5.68. The van der Waals surface area contributed by atoms with Gasteiger partial charge in [-0.3, -0.25) is 9.59 Å². The normalized spacial score (nSPS) is 17.0. The van der Waals surface area contributed by atoms with Gasteiger partial charge in [-0.05, 0) is 56.7 Å². The maximum atomic E-state index is 13.2. The number of Topliss-reactive ketones (excluding diaryl/α,β-unsaturated/α-hetero) is 1. The number of likely N-dealkylation sites (tertiary alicyclic amines) is 1. The Balaban J connectivity index is 2.20. The molecule has 36 heavy (non-hydrogen) atoms. The van der Waals surface area contributed by atoms with Crippen LogP contribution in [0.5, 0.6) is 23.0 Å². The third-order valence-corrected chi connectivity index (χ3v) is 5.68. The van der Waals surface area contributed by atoms with Crippen LogP contribution in [-0.4, -0.2) is 68.9 Å². The second-order valence-electron chi connectivity index (χ2n) is 8.36. The summed E-state index contributed by atoms with van der Waals surface area (Å²) in [5, 5.41) is 11.3. The fourth-order valence-corrected chi connectivity index (χ4v) is 4.10. The van der Waals surface area contributed by atoms with Crippen molar-refractivity contribution in [1.29, 1.82) is 0 Å². The van der Waals surface area contributed by atoms with E-state index in [0.29, 0.717) is 40.7 Å². The minimum Gasteiger partial charge on any atom is -0.507 e. The molecule has 1 heterocycles. The molecule has 1 amide bonds. The molecule has 2 aromatic carbocycles. The number of carbonyl (C=O) groups is 2. The number of nitrogens with zero attached hydrogens (tertiary/aromatic N) is 1. The summed E-state index contributed by atoms with van der Waals surface area (Å²) in [5.74, 6) is 0.0355. The number of amides is 1. The van der Waals surface area contributed by atoms with E-state index in [1.165, 1.54) is 26.2 Å². The number of hydrogen-bond acceptors (Lipinski definition) is 8. The summed E-state index contributed by atoms with van der Waals surface area (Å²) >= 11 is 0. The fraction of sp³-hybridized carbons (Fsp3) is 0.407. The van der Waals surface area contributed by atoms with Gasteiger partial charge in [0.1, 0.15) is 5.76 Å². The number of aliphatic hydroxyl groups is 1. The molecule has 1 fully saturated rings. The molecule has 9 heteroatoms. The lowest BCUT2D eigenvalue weighted by molar-refractivity contribution is -0.140. The second kappa shape index (κ2) is 11.8. The first kappa shape index (κ1) is 26.9. The number of methoxy groups -OCH3 is 3. The third kappa shape index (κ3) is 5.41. The highest BCUT2D eigenvalue weighted by molar-refractivity contribution is 6.46. The van der Waals surface area contributed by atoms with Crippen molar-refractivity contribution in [2.75, 3.05) is 41.1 Å². The van der Waals surface area contributed by atoms with Crippen molar-refractivity contribution in [1.82, 2.24) is 4.90 Å². The molecular formula is C27H33NO8. The molecule has 0 aliphatic carbocycles. The lowest BCUT2D eigenvalue weighted by Gasteiger charge is -2.26. The standard InChI is InChI=1S/C27H33NO8/c1-7-35-22-14-17(8-11-20(22)36-16(2)3)24-23(26(30)27(31)28(24)12-13-32-4)25(29)18-9-10-19(33-5)21(15-18)34-6/h8-11,14-16,24,29H,7,12-13H2,1-6H3/b25-23-. The number of rotatable bonds is 11. The minimum absolute atomic E-state index is 0.0386. The molecule has 194 valence electrons. The Morgan fingerprint density at radius 3 is 2.28 bits per heavy atom. The summed E-state index contributed by atoms with van der Waals surface area (Å²) < 4.78 is 27.4. The van der Waals surface area contributed by atoms with Gasteiger partial charge in [0.15, 0.2) is 23.0 Å². The summed E-state index contributed by atoms with van der Waals surface area (Å²) in [6.07, 6.45) is -0.0764. The van der Waals surface area contributed by atoms with E-state index < -0.39 is 17.7 Å². The molecule has 1 saturated heterocycles. The molecule has 0 saturated carbocycles. The zero-order chi connectivity index (χ0) is 26.4. The fourth-order valence-electron chi connectivity index (χ4n) is 4.10. The summed E-state index contributed by atoms with van der Waals surface area (Å²) in [4.78, 5) is 27.7. The van der Waals surface area contributed by atoms with Gasteiger partial charge in [-0.1, -0.05) is 6.07 Å². The quantitative estimate of drug-likeness (QED) is 0.282. The molecule has 1 unspecified atom stereocenters. The van der Waals surface area contributed by atoms with Crippen molar-refractivity contribution in [2.24, 2.45) is 0 Å².